The number of nitro groups is 1. The molecule has 1 aliphatic carbocycles. The molecular formula is C16H20N6O2. The molecule has 3 heterocycles. The quantitative estimate of drug-likeness (QED) is 0.633. The van der Waals surface area contributed by atoms with Gasteiger partial charge in [-0.3, -0.25) is 10.1 Å². The Balaban J connectivity index is 1.56. The van der Waals surface area contributed by atoms with Crippen molar-refractivity contribution in [2.75, 3.05) is 18.0 Å². The third kappa shape index (κ3) is 2.72. The molecule has 126 valence electrons. The molecule has 0 bridgehead atoms. The predicted molar refractivity (Wildman–Crippen MR) is 88.1 cm³/mol. The summed E-state index contributed by atoms with van der Waals surface area (Å²) in [5, 5.41) is 19.4. The zero-order valence-electron chi connectivity index (χ0n) is 13.6. The lowest BCUT2D eigenvalue weighted by Gasteiger charge is -2.34. The maximum absolute atomic E-state index is 10.9. The summed E-state index contributed by atoms with van der Waals surface area (Å²) in [4.78, 5) is 17.1. The van der Waals surface area contributed by atoms with Crippen molar-refractivity contribution in [2.45, 2.75) is 44.6 Å². The minimum atomic E-state index is -0.402. The molecule has 4 rings (SSSR count). The smallest absolute Gasteiger partial charge is 0.287 e. The number of aromatic nitrogens is 4. The highest BCUT2D eigenvalue weighted by Gasteiger charge is 2.32. The highest BCUT2D eigenvalue weighted by Crippen LogP contribution is 2.38. The Morgan fingerprint density at radius 1 is 1.33 bits per heavy atom. The summed E-state index contributed by atoms with van der Waals surface area (Å²) >= 11 is 0. The van der Waals surface area contributed by atoms with Crippen LogP contribution in [0.4, 0.5) is 11.5 Å². The number of aryl methyl sites for hydroxylation is 1. The van der Waals surface area contributed by atoms with E-state index in [1.165, 1.54) is 19.0 Å². The third-order valence-corrected chi connectivity index (χ3v) is 4.87. The fourth-order valence-electron chi connectivity index (χ4n) is 3.54. The van der Waals surface area contributed by atoms with E-state index in [-0.39, 0.29) is 5.69 Å². The second kappa shape index (κ2) is 5.85. The monoisotopic (exact) mass is 328 g/mol. The number of rotatable bonds is 4. The van der Waals surface area contributed by atoms with E-state index >= 15 is 0 Å². The van der Waals surface area contributed by atoms with E-state index in [9.17, 15) is 10.1 Å². The lowest BCUT2D eigenvalue weighted by molar-refractivity contribution is -0.385. The summed E-state index contributed by atoms with van der Waals surface area (Å²) in [7, 11) is 0. The molecule has 8 heteroatoms. The van der Waals surface area contributed by atoms with Gasteiger partial charge in [0.05, 0.1) is 4.92 Å². The molecule has 2 fully saturated rings. The minimum absolute atomic E-state index is 0.0401. The average molecular weight is 328 g/mol. The second-order valence-corrected chi connectivity index (χ2v) is 6.70. The van der Waals surface area contributed by atoms with E-state index in [0.717, 1.165) is 43.1 Å². The molecule has 1 atom stereocenters. The fourth-order valence-corrected chi connectivity index (χ4v) is 3.54. The Kier molecular flexibility index (Phi) is 3.66. The largest absolute Gasteiger partial charge is 0.356 e. The Morgan fingerprint density at radius 2 is 2.17 bits per heavy atom. The van der Waals surface area contributed by atoms with Gasteiger partial charge in [-0.25, -0.2) is 4.98 Å². The van der Waals surface area contributed by atoms with E-state index in [2.05, 4.69) is 24.6 Å². The number of hydrogen-bond donors (Lipinski definition) is 0. The van der Waals surface area contributed by atoms with Crippen LogP contribution in [0, 0.1) is 17.0 Å². The molecule has 2 aliphatic rings. The molecular weight excluding hydrogens is 308 g/mol. The third-order valence-electron chi connectivity index (χ3n) is 4.87. The van der Waals surface area contributed by atoms with Gasteiger partial charge in [0.1, 0.15) is 24.2 Å². The first-order valence-corrected chi connectivity index (χ1v) is 8.39. The first-order valence-electron chi connectivity index (χ1n) is 8.39. The normalized spacial score (nSPS) is 21.0. The highest BCUT2D eigenvalue weighted by atomic mass is 16.6. The van der Waals surface area contributed by atoms with Crippen LogP contribution in [-0.4, -0.2) is 37.8 Å². The van der Waals surface area contributed by atoms with Crippen LogP contribution >= 0.6 is 0 Å². The van der Waals surface area contributed by atoms with Crippen LogP contribution in [-0.2, 0) is 0 Å². The van der Waals surface area contributed by atoms with Crippen LogP contribution < -0.4 is 4.90 Å². The van der Waals surface area contributed by atoms with Gasteiger partial charge < -0.3 is 9.47 Å². The van der Waals surface area contributed by atoms with E-state index < -0.39 is 4.92 Å². The Bertz CT molecular complexity index is 770. The van der Waals surface area contributed by atoms with Crippen molar-refractivity contribution in [3.63, 3.8) is 0 Å². The lowest BCUT2D eigenvalue weighted by Crippen LogP contribution is -2.36. The van der Waals surface area contributed by atoms with Crippen molar-refractivity contribution in [2.24, 2.45) is 0 Å². The van der Waals surface area contributed by atoms with Crippen LogP contribution in [0.25, 0.3) is 0 Å². The molecule has 0 radical (unpaired) electrons. The number of piperidine rings is 1. The Labute approximate surface area is 139 Å². The van der Waals surface area contributed by atoms with Crippen molar-refractivity contribution < 1.29 is 4.92 Å². The maximum atomic E-state index is 10.9. The summed E-state index contributed by atoms with van der Waals surface area (Å²) in [6, 6.07) is 2.17. The molecule has 24 heavy (non-hydrogen) atoms. The number of pyridine rings is 1. The van der Waals surface area contributed by atoms with Gasteiger partial charge in [-0.1, -0.05) is 0 Å². The van der Waals surface area contributed by atoms with E-state index in [0.29, 0.717) is 12.0 Å². The van der Waals surface area contributed by atoms with Crippen molar-refractivity contribution in [1.82, 2.24) is 19.7 Å². The fraction of sp³-hybridized carbons (Fsp3) is 0.562. The number of nitrogens with zero attached hydrogens (tertiary/aromatic N) is 6. The molecule has 2 aromatic rings. The standard InChI is InChI=1S/C16H20N6O2/c1-11-7-14(22(23)24)8-17-15(11)20-6-2-3-12(9-20)16-19-18-10-21(16)13-4-5-13/h7-8,10,12-13H,2-6,9H2,1H3/t12-/m0/s1. The maximum Gasteiger partial charge on any atom is 0.287 e. The van der Waals surface area contributed by atoms with Gasteiger partial charge in [-0.2, -0.15) is 0 Å². The molecule has 1 saturated heterocycles. The molecule has 8 nitrogen and oxygen atoms in total. The molecule has 0 aromatic carbocycles. The van der Waals surface area contributed by atoms with Crippen LogP contribution in [0.1, 0.15) is 49.0 Å². The van der Waals surface area contributed by atoms with E-state index in [1.54, 1.807) is 6.07 Å². The zero-order valence-corrected chi connectivity index (χ0v) is 13.6. The summed E-state index contributed by atoms with van der Waals surface area (Å²) in [6.07, 6.45) is 7.77. The molecule has 1 saturated carbocycles. The van der Waals surface area contributed by atoms with Gasteiger partial charge in [0.25, 0.3) is 5.69 Å². The minimum Gasteiger partial charge on any atom is -0.356 e. The second-order valence-electron chi connectivity index (χ2n) is 6.70. The number of hydrogen-bond acceptors (Lipinski definition) is 6. The zero-order chi connectivity index (χ0) is 16.7. The van der Waals surface area contributed by atoms with Gasteiger partial charge in [0, 0.05) is 31.1 Å². The van der Waals surface area contributed by atoms with Crippen molar-refractivity contribution >= 4 is 11.5 Å². The van der Waals surface area contributed by atoms with Crippen LogP contribution in [0.5, 0.6) is 0 Å². The van der Waals surface area contributed by atoms with Gasteiger partial charge >= 0.3 is 0 Å². The Morgan fingerprint density at radius 3 is 2.88 bits per heavy atom. The average Bonchev–Trinajstić information content (AvgIpc) is 3.31. The van der Waals surface area contributed by atoms with Crippen LogP contribution in [0.2, 0.25) is 0 Å². The molecule has 0 unspecified atom stereocenters. The predicted octanol–water partition coefficient (Wildman–Crippen LogP) is 2.61. The summed E-state index contributed by atoms with van der Waals surface area (Å²) < 4.78 is 2.23. The van der Waals surface area contributed by atoms with Crippen LogP contribution in [0.15, 0.2) is 18.6 Å². The molecule has 1 aliphatic heterocycles. The van der Waals surface area contributed by atoms with Gasteiger partial charge in [-0.15, -0.1) is 10.2 Å². The van der Waals surface area contributed by atoms with Crippen molar-refractivity contribution in [3.8, 4) is 0 Å². The van der Waals surface area contributed by atoms with Crippen LogP contribution in [0.3, 0.4) is 0 Å². The Hall–Kier alpha value is -2.51. The first kappa shape index (κ1) is 15.0. The lowest BCUT2D eigenvalue weighted by atomic mass is 9.96. The van der Waals surface area contributed by atoms with E-state index in [1.807, 2.05) is 13.3 Å². The molecule has 0 amide bonds. The molecule has 0 N–H and O–H groups in total. The van der Waals surface area contributed by atoms with Gasteiger partial charge in [0.2, 0.25) is 0 Å². The summed E-state index contributed by atoms with van der Waals surface area (Å²) in [6.45, 7) is 3.63. The molecule has 2 aromatic heterocycles. The SMILES string of the molecule is Cc1cc([N+](=O)[O-])cnc1N1CCC[C@H](c2nncn2C2CC2)C1. The summed E-state index contributed by atoms with van der Waals surface area (Å²) in [5.74, 6) is 2.24. The van der Waals surface area contributed by atoms with Crippen molar-refractivity contribution in [1.29, 1.82) is 0 Å². The van der Waals surface area contributed by atoms with Gasteiger partial charge in [0.15, 0.2) is 0 Å². The number of anilines is 1. The van der Waals surface area contributed by atoms with E-state index in [4.69, 9.17) is 0 Å². The van der Waals surface area contributed by atoms with Gasteiger partial charge in [-0.05, 0) is 38.2 Å². The summed E-state index contributed by atoms with van der Waals surface area (Å²) in [5.41, 5.74) is 0.881. The molecule has 0 spiro atoms. The van der Waals surface area contributed by atoms with Crippen molar-refractivity contribution in [3.05, 3.63) is 40.1 Å². The topological polar surface area (TPSA) is 90.0 Å². The first-order chi connectivity index (χ1) is 11.6. The highest BCUT2D eigenvalue weighted by molar-refractivity contribution is 5.51.